The Morgan fingerprint density at radius 1 is 1.27 bits per heavy atom. The summed E-state index contributed by atoms with van der Waals surface area (Å²) in [5.74, 6) is -0.231. The topological polar surface area (TPSA) is 78.5 Å². The zero-order chi connectivity index (χ0) is 18.7. The average molecular weight is 378 g/mol. The molecule has 2 fully saturated rings. The lowest BCUT2D eigenvalue weighted by Gasteiger charge is -2.20. The van der Waals surface area contributed by atoms with Gasteiger partial charge in [0, 0.05) is 18.0 Å². The van der Waals surface area contributed by atoms with E-state index in [-0.39, 0.29) is 36.9 Å². The number of carbonyl (C=O) groups excluding carboxylic acids is 3. The molecule has 2 N–H and O–H groups in total. The van der Waals surface area contributed by atoms with E-state index in [0.717, 1.165) is 18.4 Å². The van der Waals surface area contributed by atoms with Gasteiger partial charge in [-0.2, -0.15) is 0 Å². The minimum atomic E-state index is -0.678. The van der Waals surface area contributed by atoms with Gasteiger partial charge >= 0.3 is 6.03 Å². The molecule has 0 unspecified atom stereocenters. The van der Waals surface area contributed by atoms with Gasteiger partial charge in [0.05, 0.1) is 6.04 Å². The molecule has 7 heteroatoms. The second-order valence-corrected chi connectivity index (χ2v) is 7.56. The molecular weight excluding hydrogens is 354 g/mol. The first kappa shape index (κ1) is 18.7. The van der Waals surface area contributed by atoms with Crippen LogP contribution in [0.5, 0.6) is 0 Å². The molecule has 1 spiro atoms. The fourth-order valence-electron chi connectivity index (χ4n) is 3.74. The summed E-state index contributed by atoms with van der Waals surface area (Å²) in [6.45, 7) is 2.18. The van der Waals surface area contributed by atoms with Crippen LogP contribution in [-0.4, -0.2) is 34.8 Å². The Balaban J connectivity index is 1.45. The van der Waals surface area contributed by atoms with Crippen LogP contribution in [0.1, 0.15) is 57.1 Å². The second-order valence-electron chi connectivity index (χ2n) is 7.12. The van der Waals surface area contributed by atoms with Crippen LogP contribution in [0.4, 0.5) is 4.79 Å². The molecule has 3 rings (SSSR count). The molecular formula is C19H24ClN3O3. The Bertz CT molecular complexity index is 698. The minimum Gasteiger partial charge on any atom is -0.350 e. The Hall–Kier alpha value is -2.08. The number of hydrogen-bond acceptors (Lipinski definition) is 3. The van der Waals surface area contributed by atoms with Gasteiger partial charge in [-0.3, -0.25) is 14.5 Å². The van der Waals surface area contributed by atoms with Crippen molar-refractivity contribution in [2.45, 2.75) is 57.0 Å². The van der Waals surface area contributed by atoms with Gasteiger partial charge in [-0.25, -0.2) is 4.79 Å². The van der Waals surface area contributed by atoms with Crippen LogP contribution in [0, 0.1) is 0 Å². The van der Waals surface area contributed by atoms with Crippen molar-refractivity contribution in [2.75, 3.05) is 6.54 Å². The summed E-state index contributed by atoms with van der Waals surface area (Å²) in [6.07, 6.45) is 4.08. The van der Waals surface area contributed by atoms with Gasteiger partial charge in [0.25, 0.3) is 5.91 Å². The zero-order valence-corrected chi connectivity index (χ0v) is 15.6. The van der Waals surface area contributed by atoms with Crippen LogP contribution in [0.15, 0.2) is 24.3 Å². The molecule has 1 saturated heterocycles. The summed E-state index contributed by atoms with van der Waals surface area (Å²) in [7, 11) is 0. The SMILES string of the molecule is C[C@@H](NC(=O)CCCN1C(=O)NC2(CCCC2)C1=O)c1ccc(Cl)cc1. The van der Waals surface area contributed by atoms with Gasteiger partial charge in [-0.1, -0.05) is 36.6 Å². The third-order valence-corrected chi connectivity index (χ3v) is 5.49. The number of nitrogens with one attached hydrogen (secondary N) is 2. The first-order valence-electron chi connectivity index (χ1n) is 9.10. The van der Waals surface area contributed by atoms with Gasteiger partial charge in [0.15, 0.2) is 0 Å². The van der Waals surface area contributed by atoms with Crippen LogP contribution in [0.3, 0.4) is 0 Å². The number of rotatable bonds is 6. The van der Waals surface area contributed by atoms with E-state index in [1.54, 1.807) is 12.1 Å². The number of hydrogen-bond donors (Lipinski definition) is 2. The number of amides is 4. The summed E-state index contributed by atoms with van der Waals surface area (Å²) in [6, 6.07) is 6.87. The number of carbonyl (C=O) groups is 3. The van der Waals surface area contributed by atoms with Crippen molar-refractivity contribution >= 4 is 29.4 Å². The molecule has 1 aromatic carbocycles. The summed E-state index contributed by atoms with van der Waals surface area (Å²) in [5.41, 5.74) is 0.294. The van der Waals surface area contributed by atoms with E-state index in [2.05, 4.69) is 10.6 Å². The van der Waals surface area contributed by atoms with Gasteiger partial charge in [-0.15, -0.1) is 0 Å². The van der Waals surface area contributed by atoms with Crippen molar-refractivity contribution in [1.82, 2.24) is 15.5 Å². The molecule has 6 nitrogen and oxygen atoms in total. The molecule has 1 aromatic rings. The van der Waals surface area contributed by atoms with Crippen LogP contribution < -0.4 is 10.6 Å². The first-order chi connectivity index (χ1) is 12.4. The maximum Gasteiger partial charge on any atom is 0.325 e. The summed E-state index contributed by atoms with van der Waals surface area (Å²) < 4.78 is 0. The van der Waals surface area contributed by atoms with Crippen molar-refractivity contribution in [3.63, 3.8) is 0 Å². The number of urea groups is 1. The van der Waals surface area contributed by atoms with E-state index in [9.17, 15) is 14.4 Å². The van der Waals surface area contributed by atoms with Crippen LogP contribution in [0.25, 0.3) is 0 Å². The highest BCUT2D eigenvalue weighted by Crippen LogP contribution is 2.35. The molecule has 0 radical (unpaired) electrons. The number of imide groups is 1. The number of nitrogens with zero attached hydrogens (tertiary/aromatic N) is 1. The standard InChI is InChI=1S/C19H24ClN3O3/c1-13(14-6-8-15(20)9-7-14)21-16(24)5-4-12-23-17(25)19(22-18(23)26)10-2-3-11-19/h6-9,13H,2-5,10-12H2,1H3,(H,21,24)(H,22,26)/t13-/m1/s1. The lowest BCUT2D eigenvalue weighted by atomic mass is 9.98. The predicted molar refractivity (Wildman–Crippen MR) is 98.7 cm³/mol. The maximum atomic E-state index is 12.5. The molecule has 26 heavy (non-hydrogen) atoms. The fourth-order valence-corrected chi connectivity index (χ4v) is 3.87. The first-order valence-corrected chi connectivity index (χ1v) is 9.48. The summed E-state index contributed by atoms with van der Waals surface area (Å²) >= 11 is 5.87. The highest BCUT2D eigenvalue weighted by atomic mass is 35.5. The van der Waals surface area contributed by atoms with Crippen molar-refractivity contribution in [3.05, 3.63) is 34.9 Å². The van der Waals surface area contributed by atoms with Gasteiger partial charge in [0.1, 0.15) is 5.54 Å². The maximum absolute atomic E-state index is 12.5. The molecule has 1 aliphatic heterocycles. The molecule has 0 bridgehead atoms. The quantitative estimate of drug-likeness (QED) is 0.747. The molecule has 4 amide bonds. The van der Waals surface area contributed by atoms with E-state index in [0.29, 0.717) is 24.3 Å². The van der Waals surface area contributed by atoms with Gasteiger partial charge in [-0.05, 0) is 43.9 Å². The largest absolute Gasteiger partial charge is 0.350 e. The minimum absolute atomic E-state index is 0.102. The molecule has 1 aliphatic carbocycles. The third kappa shape index (κ3) is 3.85. The smallest absolute Gasteiger partial charge is 0.325 e. The second kappa shape index (κ2) is 7.66. The summed E-state index contributed by atoms with van der Waals surface area (Å²) in [4.78, 5) is 38.0. The lowest BCUT2D eigenvalue weighted by Crippen LogP contribution is -2.44. The Morgan fingerprint density at radius 3 is 2.58 bits per heavy atom. The number of halogens is 1. The van der Waals surface area contributed by atoms with Crippen molar-refractivity contribution in [2.24, 2.45) is 0 Å². The number of benzene rings is 1. The summed E-state index contributed by atoms with van der Waals surface area (Å²) in [5, 5.41) is 6.43. The predicted octanol–water partition coefficient (Wildman–Crippen LogP) is 3.16. The van der Waals surface area contributed by atoms with Crippen LogP contribution >= 0.6 is 11.6 Å². The van der Waals surface area contributed by atoms with Crippen LogP contribution in [0.2, 0.25) is 5.02 Å². The normalized spacial score (nSPS) is 19.7. The van der Waals surface area contributed by atoms with E-state index in [4.69, 9.17) is 11.6 Å². The molecule has 1 heterocycles. The van der Waals surface area contributed by atoms with E-state index >= 15 is 0 Å². The van der Waals surface area contributed by atoms with Crippen molar-refractivity contribution in [3.8, 4) is 0 Å². The molecule has 2 aliphatic rings. The van der Waals surface area contributed by atoms with E-state index in [1.807, 2.05) is 19.1 Å². The molecule has 0 aromatic heterocycles. The zero-order valence-electron chi connectivity index (χ0n) is 14.9. The Labute approximate surface area is 158 Å². The lowest BCUT2D eigenvalue weighted by molar-refractivity contribution is -0.131. The van der Waals surface area contributed by atoms with E-state index in [1.165, 1.54) is 4.90 Å². The molecule has 140 valence electrons. The third-order valence-electron chi connectivity index (χ3n) is 5.24. The molecule has 1 atom stereocenters. The van der Waals surface area contributed by atoms with Crippen molar-refractivity contribution < 1.29 is 14.4 Å². The van der Waals surface area contributed by atoms with Crippen molar-refractivity contribution in [1.29, 1.82) is 0 Å². The fraction of sp³-hybridized carbons (Fsp3) is 0.526. The van der Waals surface area contributed by atoms with E-state index < -0.39 is 5.54 Å². The van der Waals surface area contributed by atoms with Crippen LogP contribution in [-0.2, 0) is 9.59 Å². The van der Waals surface area contributed by atoms with Gasteiger partial charge < -0.3 is 10.6 Å². The monoisotopic (exact) mass is 377 g/mol. The molecule has 1 saturated carbocycles. The average Bonchev–Trinajstić information content (AvgIpc) is 3.16. The Morgan fingerprint density at radius 2 is 1.92 bits per heavy atom. The highest BCUT2D eigenvalue weighted by Gasteiger charge is 2.51. The Kier molecular flexibility index (Phi) is 5.51. The van der Waals surface area contributed by atoms with Gasteiger partial charge in [0.2, 0.25) is 5.91 Å². The highest BCUT2D eigenvalue weighted by molar-refractivity contribution is 6.30.